The Labute approximate surface area is 131 Å². The van der Waals surface area contributed by atoms with Crippen LogP contribution in [0.1, 0.15) is 25.7 Å². The first kappa shape index (κ1) is 15.3. The maximum Gasteiger partial charge on any atom is 0.222 e. The number of likely N-dealkylation sites (tertiary alicyclic amines) is 1. The number of rotatable bonds is 4. The van der Waals surface area contributed by atoms with Crippen LogP contribution in [0.2, 0.25) is 0 Å². The molecule has 1 aromatic heterocycles. The van der Waals surface area contributed by atoms with Gasteiger partial charge in [0.15, 0.2) is 0 Å². The summed E-state index contributed by atoms with van der Waals surface area (Å²) in [6.07, 6.45) is 5.76. The zero-order valence-electron chi connectivity index (χ0n) is 13.4. The van der Waals surface area contributed by atoms with E-state index in [-0.39, 0.29) is 0 Å². The summed E-state index contributed by atoms with van der Waals surface area (Å²) in [6, 6.07) is 0. The monoisotopic (exact) mass is 306 g/mol. The smallest absolute Gasteiger partial charge is 0.222 e. The molecule has 0 unspecified atom stereocenters. The predicted molar refractivity (Wildman–Crippen MR) is 84.6 cm³/mol. The second-order valence-corrected chi connectivity index (χ2v) is 6.46. The Morgan fingerprint density at radius 3 is 2.59 bits per heavy atom. The summed E-state index contributed by atoms with van der Waals surface area (Å²) >= 11 is 0. The second-order valence-electron chi connectivity index (χ2n) is 6.46. The van der Waals surface area contributed by atoms with Crippen LogP contribution in [-0.2, 0) is 4.79 Å². The molecule has 1 N–H and O–H groups in total. The van der Waals surface area contributed by atoms with Crippen LogP contribution < -0.4 is 4.90 Å². The van der Waals surface area contributed by atoms with E-state index in [9.17, 15) is 4.79 Å². The van der Waals surface area contributed by atoms with Gasteiger partial charge in [0.05, 0.1) is 0 Å². The number of aromatic amines is 1. The third-order valence-electron chi connectivity index (χ3n) is 4.94. The van der Waals surface area contributed by atoms with Gasteiger partial charge in [0.2, 0.25) is 11.9 Å². The standard InChI is InChI=1S/C15H26N6O/c1-19-6-4-13(5-7-19)2-3-14(22)20-8-10-21(11-9-20)15-16-12-17-18-15/h12-13H,2-11H2,1H3,(H,16,17,18). The Hall–Kier alpha value is -1.63. The zero-order chi connectivity index (χ0) is 15.4. The molecule has 0 aromatic carbocycles. The number of hydrogen-bond donors (Lipinski definition) is 1. The zero-order valence-corrected chi connectivity index (χ0v) is 13.4. The minimum absolute atomic E-state index is 0.316. The van der Waals surface area contributed by atoms with E-state index >= 15 is 0 Å². The number of hydrogen-bond acceptors (Lipinski definition) is 5. The van der Waals surface area contributed by atoms with Crippen LogP contribution in [0.25, 0.3) is 0 Å². The van der Waals surface area contributed by atoms with E-state index in [1.807, 2.05) is 4.90 Å². The van der Waals surface area contributed by atoms with Crippen molar-refractivity contribution in [3.8, 4) is 0 Å². The lowest BCUT2D eigenvalue weighted by Crippen LogP contribution is -2.49. The summed E-state index contributed by atoms with van der Waals surface area (Å²) in [5.41, 5.74) is 0. The van der Waals surface area contributed by atoms with E-state index in [1.54, 1.807) is 0 Å². The van der Waals surface area contributed by atoms with Gasteiger partial charge in [0.1, 0.15) is 6.33 Å². The predicted octanol–water partition coefficient (Wildman–Crippen LogP) is 0.575. The van der Waals surface area contributed by atoms with Gasteiger partial charge in [-0.15, -0.1) is 0 Å². The highest BCUT2D eigenvalue weighted by Crippen LogP contribution is 2.21. The lowest BCUT2D eigenvalue weighted by atomic mass is 9.92. The fourth-order valence-electron chi connectivity index (χ4n) is 3.36. The Bertz CT molecular complexity index is 460. The molecule has 7 heteroatoms. The second kappa shape index (κ2) is 7.09. The Morgan fingerprint density at radius 2 is 1.95 bits per heavy atom. The Morgan fingerprint density at radius 1 is 1.23 bits per heavy atom. The van der Waals surface area contributed by atoms with Crippen molar-refractivity contribution in [2.24, 2.45) is 5.92 Å². The number of piperazine rings is 1. The van der Waals surface area contributed by atoms with Gasteiger partial charge in [0.25, 0.3) is 0 Å². The molecule has 0 atom stereocenters. The van der Waals surface area contributed by atoms with Crippen LogP contribution in [0.3, 0.4) is 0 Å². The van der Waals surface area contributed by atoms with Crippen molar-refractivity contribution in [1.82, 2.24) is 25.0 Å². The fourth-order valence-corrected chi connectivity index (χ4v) is 3.36. The van der Waals surface area contributed by atoms with Crippen molar-refractivity contribution < 1.29 is 4.79 Å². The molecule has 0 spiro atoms. The summed E-state index contributed by atoms with van der Waals surface area (Å²) < 4.78 is 0. The van der Waals surface area contributed by atoms with Crippen molar-refractivity contribution in [1.29, 1.82) is 0 Å². The first-order valence-corrected chi connectivity index (χ1v) is 8.29. The molecule has 1 aromatic rings. The van der Waals surface area contributed by atoms with Gasteiger partial charge < -0.3 is 14.7 Å². The van der Waals surface area contributed by atoms with Crippen LogP contribution in [0.15, 0.2) is 6.33 Å². The molecule has 22 heavy (non-hydrogen) atoms. The highest BCUT2D eigenvalue weighted by molar-refractivity contribution is 5.76. The van der Waals surface area contributed by atoms with Gasteiger partial charge in [-0.25, -0.2) is 5.10 Å². The minimum Gasteiger partial charge on any atom is -0.339 e. The number of carbonyl (C=O) groups is 1. The van der Waals surface area contributed by atoms with E-state index in [4.69, 9.17) is 0 Å². The van der Waals surface area contributed by atoms with E-state index in [0.29, 0.717) is 12.3 Å². The van der Waals surface area contributed by atoms with Crippen LogP contribution >= 0.6 is 0 Å². The number of amides is 1. The average molecular weight is 306 g/mol. The van der Waals surface area contributed by atoms with Gasteiger partial charge in [-0.3, -0.25) is 4.79 Å². The molecular weight excluding hydrogens is 280 g/mol. The van der Waals surface area contributed by atoms with Crippen LogP contribution in [-0.4, -0.2) is 77.2 Å². The highest BCUT2D eigenvalue weighted by atomic mass is 16.2. The van der Waals surface area contributed by atoms with Crippen molar-refractivity contribution >= 4 is 11.9 Å². The number of piperidine rings is 1. The van der Waals surface area contributed by atoms with E-state index < -0.39 is 0 Å². The van der Waals surface area contributed by atoms with Gasteiger partial charge in [0, 0.05) is 32.6 Å². The first-order chi connectivity index (χ1) is 10.7. The molecule has 0 radical (unpaired) electrons. The quantitative estimate of drug-likeness (QED) is 0.881. The molecule has 0 bridgehead atoms. The van der Waals surface area contributed by atoms with Gasteiger partial charge in [-0.1, -0.05) is 0 Å². The number of nitrogens with zero attached hydrogens (tertiary/aromatic N) is 5. The van der Waals surface area contributed by atoms with Crippen molar-refractivity contribution in [2.75, 3.05) is 51.2 Å². The first-order valence-electron chi connectivity index (χ1n) is 8.29. The summed E-state index contributed by atoms with van der Waals surface area (Å²) in [4.78, 5) is 23.0. The van der Waals surface area contributed by atoms with E-state index in [2.05, 4.69) is 32.0 Å². The summed E-state index contributed by atoms with van der Waals surface area (Å²) in [6.45, 7) is 5.58. The molecule has 0 aliphatic carbocycles. The molecule has 122 valence electrons. The highest BCUT2D eigenvalue weighted by Gasteiger charge is 2.24. The Kier molecular flexibility index (Phi) is 4.92. The number of aromatic nitrogens is 3. The summed E-state index contributed by atoms with van der Waals surface area (Å²) in [7, 11) is 2.18. The molecule has 3 rings (SSSR count). The Balaban J connectivity index is 1.38. The number of nitrogens with one attached hydrogen (secondary N) is 1. The molecule has 1 amide bonds. The summed E-state index contributed by atoms with van der Waals surface area (Å²) in [5.74, 6) is 1.85. The number of anilines is 1. The van der Waals surface area contributed by atoms with E-state index in [1.165, 1.54) is 32.3 Å². The topological polar surface area (TPSA) is 68.4 Å². The van der Waals surface area contributed by atoms with Crippen LogP contribution in [0.5, 0.6) is 0 Å². The van der Waals surface area contributed by atoms with E-state index in [0.717, 1.165) is 44.5 Å². The molecule has 7 nitrogen and oxygen atoms in total. The lowest BCUT2D eigenvalue weighted by Gasteiger charge is -2.35. The molecule has 0 saturated carbocycles. The van der Waals surface area contributed by atoms with Gasteiger partial charge in [-0.2, -0.15) is 10.1 Å². The SMILES string of the molecule is CN1CCC(CCC(=O)N2CCN(c3ncn[nH]3)CC2)CC1. The molecule has 2 saturated heterocycles. The van der Waals surface area contributed by atoms with Gasteiger partial charge >= 0.3 is 0 Å². The normalized spacial score (nSPS) is 21.3. The van der Waals surface area contributed by atoms with Gasteiger partial charge in [-0.05, 0) is 45.3 Å². The summed E-state index contributed by atoms with van der Waals surface area (Å²) in [5, 5.41) is 6.76. The van der Waals surface area contributed by atoms with Crippen molar-refractivity contribution in [2.45, 2.75) is 25.7 Å². The largest absolute Gasteiger partial charge is 0.339 e. The molecule has 3 heterocycles. The molecule has 2 fully saturated rings. The van der Waals surface area contributed by atoms with Crippen LogP contribution in [0.4, 0.5) is 5.95 Å². The van der Waals surface area contributed by atoms with Crippen LogP contribution in [0, 0.1) is 5.92 Å². The molecular formula is C15H26N6O. The molecule has 2 aliphatic rings. The van der Waals surface area contributed by atoms with Crippen molar-refractivity contribution in [3.05, 3.63) is 6.33 Å². The number of carbonyl (C=O) groups excluding carboxylic acids is 1. The fraction of sp³-hybridized carbons (Fsp3) is 0.800. The third kappa shape index (κ3) is 3.76. The maximum absolute atomic E-state index is 12.4. The maximum atomic E-state index is 12.4. The van der Waals surface area contributed by atoms with Crippen molar-refractivity contribution in [3.63, 3.8) is 0 Å². The number of H-pyrrole nitrogens is 1. The lowest BCUT2D eigenvalue weighted by molar-refractivity contribution is -0.131. The minimum atomic E-state index is 0.316. The third-order valence-corrected chi connectivity index (χ3v) is 4.94. The average Bonchev–Trinajstić information content (AvgIpc) is 3.09. The molecule has 2 aliphatic heterocycles.